The van der Waals surface area contributed by atoms with Gasteiger partial charge in [0.05, 0.1) is 63.9 Å². The second-order valence-electron chi connectivity index (χ2n) is 21.0. The molecule has 1 N–H and O–H groups in total. The average molecular weight is 1090 g/mol. The van der Waals surface area contributed by atoms with Gasteiger partial charge in [-0.25, -0.2) is 14.4 Å². The maximum atomic E-state index is 13.8. The molecule has 0 radical (unpaired) electrons. The summed E-state index contributed by atoms with van der Waals surface area (Å²) in [4.78, 5) is 79.6. The zero-order chi connectivity index (χ0) is 57.2. The number of unbranched alkanes of at least 4 members (excludes halogenated alkanes) is 3. The Balaban J connectivity index is 1.66. The number of ether oxygens (including phenoxy) is 8. The number of aliphatic hydroxyl groups is 1. The molecule has 0 aliphatic heterocycles. The van der Waals surface area contributed by atoms with Crippen LogP contribution >= 0.6 is 0 Å². The largest absolute Gasteiger partial charge is 0.493 e. The van der Waals surface area contributed by atoms with Crippen molar-refractivity contribution in [3.8, 4) is 5.75 Å². The third-order valence-corrected chi connectivity index (χ3v) is 15.1. The first kappa shape index (κ1) is 66.5. The van der Waals surface area contributed by atoms with Gasteiger partial charge in [-0.2, -0.15) is 0 Å². The minimum atomic E-state index is -1.03. The van der Waals surface area contributed by atoms with Gasteiger partial charge < -0.3 is 43.0 Å². The van der Waals surface area contributed by atoms with Gasteiger partial charge >= 0.3 is 35.8 Å². The van der Waals surface area contributed by atoms with E-state index in [4.69, 9.17) is 37.9 Å². The molecule has 3 aromatic rings. The molecule has 0 fully saturated rings. The van der Waals surface area contributed by atoms with Crippen LogP contribution in [0.15, 0.2) is 84.9 Å². The minimum absolute atomic E-state index is 0.0462. The third kappa shape index (κ3) is 22.5. The molecule has 15 nitrogen and oxygen atoms in total. The molecule has 3 rings (SSSR count). The second kappa shape index (κ2) is 36.4. The molecule has 5 atom stereocenters. The predicted octanol–water partition coefficient (Wildman–Crippen LogP) is 12.4. The van der Waals surface area contributed by atoms with Crippen molar-refractivity contribution in [3.63, 3.8) is 0 Å². The summed E-state index contributed by atoms with van der Waals surface area (Å²) in [6.07, 6.45) is 10.5. The summed E-state index contributed by atoms with van der Waals surface area (Å²) < 4.78 is 47.6. The van der Waals surface area contributed by atoms with E-state index in [1.807, 2.05) is 41.5 Å². The van der Waals surface area contributed by atoms with Crippen molar-refractivity contribution in [2.24, 2.45) is 34.0 Å². The molecule has 0 spiro atoms. The van der Waals surface area contributed by atoms with E-state index >= 15 is 0 Å². The van der Waals surface area contributed by atoms with E-state index in [0.29, 0.717) is 81.3 Å². The molecule has 0 saturated carbocycles. The van der Waals surface area contributed by atoms with Crippen LogP contribution in [-0.2, 0) is 47.5 Å². The van der Waals surface area contributed by atoms with E-state index in [1.54, 1.807) is 78.9 Å². The normalized spacial score (nSPS) is 14.7. The summed E-state index contributed by atoms with van der Waals surface area (Å²) in [6.45, 7) is 15.5. The Morgan fingerprint density at radius 2 is 0.808 bits per heavy atom. The highest BCUT2D eigenvalue weighted by Gasteiger charge is 2.37. The SMILES string of the molecule is CCCCC(CC)C(=O)OCC(CC)(COCCCCC(CC)C(=O)OCC(CC)(COC(=O)c1ccccc1)COc1cccc(C(=O)OCC(CC)(CO)COC(=O)c2ccccc2)c1)COC(=O)C(CC)CCCC. The molecule has 0 saturated heterocycles. The molecule has 0 aliphatic rings. The lowest BCUT2D eigenvalue weighted by molar-refractivity contribution is -0.163. The lowest BCUT2D eigenvalue weighted by Gasteiger charge is -2.32. The van der Waals surface area contributed by atoms with Gasteiger partial charge in [0.2, 0.25) is 0 Å². The Bertz CT molecular complexity index is 2180. The molecule has 5 unspecified atom stereocenters. The number of esters is 6. The van der Waals surface area contributed by atoms with Crippen LogP contribution in [-0.4, -0.2) is 107 Å². The van der Waals surface area contributed by atoms with Gasteiger partial charge in [-0.05, 0) is 107 Å². The molecule has 3 aromatic carbocycles. The van der Waals surface area contributed by atoms with Gasteiger partial charge in [0.25, 0.3) is 0 Å². The molecule has 78 heavy (non-hydrogen) atoms. The Morgan fingerprint density at radius 3 is 1.22 bits per heavy atom. The van der Waals surface area contributed by atoms with Gasteiger partial charge in [0, 0.05) is 6.61 Å². The maximum absolute atomic E-state index is 13.8. The topological polar surface area (TPSA) is 196 Å². The van der Waals surface area contributed by atoms with Gasteiger partial charge in [-0.15, -0.1) is 0 Å². The first-order valence-corrected chi connectivity index (χ1v) is 28.7. The van der Waals surface area contributed by atoms with Crippen LogP contribution in [0, 0.1) is 34.0 Å². The minimum Gasteiger partial charge on any atom is -0.493 e. The monoisotopic (exact) mass is 1090 g/mol. The van der Waals surface area contributed by atoms with Crippen molar-refractivity contribution in [1.29, 1.82) is 0 Å². The molecule has 0 aliphatic carbocycles. The highest BCUT2D eigenvalue weighted by molar-refractivity contribution is 5.90. The summed E-state index contributed by atoms with van der Waals surface area (Å²) in [5, 5.41) is 10.3. The third-order valence-electron chi connectivity index (χ3n) is 15.1. The summed E-state index contributed by atoms with van der Waals surface area (Å²) in [7, 11) is 0. The van der Waals surface area contributed by atoms with Crippen LogP contribution < -0.4 is 4.74 Å². The Morgan fingerprint density at radius 1 is 0.423 bits per heavy atom. The number of carbonyl (C=O) groups excluding carboxylic acids is 6. The summed E-state index contributed by atoms with van der Waals surface area (Å²) in [5.41, 5.74) is -1.84. The smallest absolute Gasteiger partial charge is 0.338 e. The number of benzene rings is 3. The highest BCUT2D eigenvalue weighted by Crippen LogP contribution is 2.31. The van der Waals surface area contributed by atoms with Crippen LogP contribution in [0.2, 0.25) is 0 Å². The van der Waals surface area contributed by atoms with Crippen molar-refractivity contribution in [1.82, 2.24) is 0 Å². The van der Waals surface area contributed by atoms with Crippen molar-refractivity contribution >= 4 is 35.8 Å². The van der Waals surface area contributed by atoms with Crippen molar-refractivity contribution in [2.45, 2.75) is 152 Å². The van der Waals surface area contributed by atoms with Gasteiger partial charge in [-0.3, -0.25) is 14.4 Å². The van der Waals surface area contributed by atoms with E-state index in [9.17, 15) is 33.9 Å². The molecular weight excluding hydrogens is 997 g/mol. The molecule has 434 valence electrons. The fourth-order valence-electron chi connectivity index (χ4n) is 8.59. The zero-order valence-corrected chi connectivity index (χ0v) is 48.2. The molecule has 0 bridgehead atoms. The van der Waals surface area contributed by atoms with Crippen LogP contribution in [0.4, 0.5) is 0 Å². The lowest BCUT2D eigenvalue weighted by atomic mass is 9.87. The number of carbonyl (C=O) groups is 6. The zero-order valence-electron chi connectivity index (χ0n) is 48.2. The Hall–Kier alpha value is -5.80. The summed E-state index contributed by atoms with van der Waals surface area (Å²) >= 11 is 0. The highest BCUT2D eigenvalue weighted by atomic mass is 16.6. The van der Waals surface area contributed by atoms with Crippen LogP contribution in [0.25, 0.3) is 0 Å². The average Bonchev–Trinajstić information content (AvgIpc) is 3.48. The first-order valence-electron chi connectivity index (χ1n) is 28.7. The van der Waals surface area contributed by atoms with E-state index in [0.717, 1.165) is 38.5 Å². The van der Waals surface area contributed by atoms with E-state index < -0.39 is 52.6 Å². The molecular formula is C63H92O15. The van der Waals surface area contributed by atoms with Crippen LogP contribution in [0.1, 0.15) is 183 Å². The first-order chi connectivity index (χ1) is 37.6. The lowest BCUT2D eigenvalue weighted by Crippen LogP contribution is -2.40. The second-order valence-corrected chi connectivity index (χ2v) is 21.0. The molecule has 0 amide bonds. The standard InChI is InChI=1S/C63H92O15/c1-9-17-28-48(11-3)55(65)75-44-62(15-7,45-76-56(66)49(12-4)29-18-10-2)40-71-37-26-25-30-50(13-5)57(67)77-46-63(16-8,47-78-59(69)52-33-23-20-24-34-52)43-72-54-36-27-35-53(38-54)60(70)74-42-61(14-6,39-64)41-73-58(68)51-31-21-19-22-32-51/h19-24,27,31-36,38,48-50,64H,9-18,25-26,28-30,37,39-47H2,1-8H3. The van der Waals surface area contributed by atoms with E-state index in [2.05, 4.69) is 13.8 Å². The summed E-state index contributed by atoms with van der Waals surface area (Å²) in [5.74, 6) is -3.12. The predicted molar refractivity (Wildman–Crippen MR) is 299 cm³/mol. The van der Waals surface area contributed by atoms with Crippen molar-refractivity contribution in [2.75, 3.05) is 66.1 Å². The van der Waals surface area contributed by atoms with E-state index in [1.165, 1.54) is 6.07 Å². The fraction of sp³-hybridized carbons (Fsp3) is 0.619. The summed E-state index contributed by atoms with van der Waals surface area (Å²) in [6, 6.07) is 23.4. The van der Waals surface area contributed by atoms with Crippen LogP contribution in [0.5, 0.6) is 5.75 Å². The number of aliphatic hydroxyl groups excluding tert-OH is 1. The van der Waals surface area contributed by atoms with Gasteiger partial charge in [0.15, 0.2) is 0 Å². The Kier molecular flexibility index (Phi) is 31.0. The molecule has 0 aromatic heterocycles. The van der Waals surface area contributed by atoms with Crippen molar-refractivity contribution in [3.05, 3.63) is 102 Å². The fourth-order valence-corrected chi connectivity index (χ4v) is 8.59. The number of hydrogen-bond acceptors (Lipinski definition) is 15. The molecule has 15 heteroatoms. The van der Waals surface area contributed by atoms with Crippen molar-refractivity contribution < 1.29 is 71.8 Å². The van der Waals surface area contributed by atoms with Gasteiger partial charge in [0.1, 0.15) is 52.0 Å². The van der Waals surface area contributed by atoms with Gasteiger partial charge in [-0.1, -0.05) is 130 Å². The molecule has 0 heterocycles. The quantitative estimate of drug-likeness (QED) is 0.0320. The maximum Gasteiger partial charge on any atom is 0.338 e. The van der Waals surface area contributed by atoms with E-state index in [-0.39, 0.29) is 82.2 Å². The Labute approximate surface area is 465 Å². The number of hydrogen-bond donors (Lipinski definition) is 1. The van der Waals surface area contributed by atoms with Crippen LogP contribution in [0.3, 0.4) is 0 Å². The number of rotatable bonds is 41.